The van der Waals surface area contributed by atoms with Crippen molar-refractivity contribution in [3.8, 4) is 0 Å². The average molecular weight is 281 g/mol. The summed E-state index contributed by atoms with van der Waals surface area (Å²) in [5, 5.41) is 0. The third-order valence-corrected chi connectivity index (χ3v) is 6.06. The van der Waals surface area contributed by atoms with Crippen LogP contribution in [0.2, 0.25) is 0 Å². The predicted octanol–water partition coefficient (Wildman–Crippen LogP) is 1.86. The third kappa shape index (κ3) is 3.13. The second-order valence-corrected chi connectivity index (χ2v) is 7.13. The quantitative estimate of drug-likeness (QED) is 0.799. The standard InChI is InChI=1S/C11H21ClN2O2S/c12-10-11(6-2-3-7-11)13-17(15,16)14-8-4-1-5-9-14/h13H,1-10H2. The summed E-state index contributed by atoms with van der Waals surface area (Å²) in [6.45, 7) is 1.29. The molecule has 1 saturated heterocycles. The van der Waals surface area contributed by atoms with Gasteiger partial charge in [-0.3, -0.25) is 0 Å². The second-order valence-electron chi connectivity index (χ2n) is 5.19. The van der Waals surface area contributed by atoms with Crippen molar-refractivity contribution in [1.82, 2.24) is 9.03 Å². The van der Waals surface area contributed by atoms with Crippen LogP contribution in [-0.4, -0.2) is 37.2 Å². The van der Waals surface area contributed by atoms with Gasteiger partial charge in [-0.05, 0) is 25.7 Å². The smallest absolute Gasteiger partial charge is 0.195 e. The van der Waals surface area contributed by atoms with E-state index < -0.39 is 15.7 Å². The molecule has 0 bridgehead atoms. The van der Waals surface area contributed by atoms with Crippen molar-refractivity contribution in [1.29, 1.82) is 0 Å². The van der Waals surface area contributed by atoms with E-state index in [1.165, 1.54) is 0 Å². The Morgan fingerprint density at radius 2 is 1.65 bits per heavy atom. The van der Waals surface area contributed by atoms with Crippen LogP contribution in [0.4, 0.5) is 0 Å². The van der Waals surface area contributed by atoms with Gasteiger partial charge in [0.15, 0.2) is 0 Å². The van der Waals surface area contributed by atoms with Crippen LogP contribution in [0.25, 0.3) is 0 Å². The molecule has 0 unspecified atom stereocenters. The van der Waals surface area contributed by atoms with Gasteiger partial charge >= 0.3 is 0 Å². The van der Waals surface area contributed by atoms with Gasteiger partial charge in [-0.1, -0.05) is 19.3 Å². The maximum atomic E-state index is 12.3. The number of hydrogen-bond donors (Lipinski definition) is 1. The summed E-state index contributed by atoms with van der Waals surface area (Å²) in [6, 6.07) is 0. The lowest BCUT2D eigenvalue weighted by Gasteiger charge is -2.33. The summed E-state index contributed by atoms with van der Waals surface area (Å²) in [6.07, 6.45) is 6.92. The van der Waals surface area contributed by atoms with Crippen LogP contribution in [0.15, 0.2) is 0 Å². The Kier molecular flexibility index (Phi) is 4.34. The maximum Gasteiger partial charge on any atom is 0.279 e. The Hall–Kier alpha value is 0.160. The van der Waals surface area contributed by atoms with Crippen molar-refractivity contribution in [2.24, 2.45) is 0 Å². The molecule has 0 spiro atoms. The van der Waals surface area contributed by atoms with Crippen LogP contribution in [0, 0.1) is 0 Å². The minimum atomic E-state index is -3.34. The molecule has 2 fully saturated rings. The van der Waals surface area contributed by atoms with Gasteiger partial charge in [0.2, 0.25) is 0 Å². The van der Waals surface area contributed by atoms with Crippen molar-refractivity contribution in [3.63, 3.8) is 0 Å². The Bertz CT molecular complexity index is 346. The lowest BCUT2D eigenvalue weighted by atomic mass is 10.0. The Morgan fingerprint density at radius 3 is 2.18 bits per heavy atom. The number of hydrogen-bond acceptors (Lipinski definition) is 2. The largest absolute Gasteiger partial charge is 0.279 e. The Labute approximate surface area is 109 Å². The minimum absolute atomic E-state index is 0.375. The van der Waals surface area contributed by atoms with Crippen LogP contribution >= 0.6 is 11.6 Å². The molecule has 0 radical (unpaired) electrons. The molecule has 4 nitrogen and oxygen atoms in total. The van der Waals surface area contributed by atoms with Gasteiger partial charge in [-0.15, -0.1) is 11.6 Å². The number of piperidine rings is 1. The van der Waals surface area contributed by atoms with Crippen molar-refractivity contribution in [2.45, 2.75) is 50.5 Å². The molecular weight excluding hydrogens is 260 g/mol. The van der Waals surface area contributed by atoms with E-state index in [1.54, 1.807) is 4.31 Å². The van der Waals surface area contributed by atoms with E-state index in [4.69, 9.17) is 11.6 Å². The van der Waals surface area contributed by atoms with Gasteiger partial charge in [0.05, 0.1) is 0 Å². The van der Waals surface area contributed by atoms with Gasteiger partial charge in [0, 0.05) is 24.5 Å². The molecule has 6 heteroatoms. The lowest BCUT2D eigenvalue weighted by molar-refractivity contribution is 0.326. The highest BCUT2D eigenvalue weighted by molar-refractivity contribution is 7.87. The van der Waals surface area contributed by atoms with E-state index in [0.717, 1.165) is 44.9 Å². The van der Waals surface area contributed by atoms with Gasteiger partial charge < -0.3 is 0 Å². The normalized spacial score (nSPS) is 26.2. The van der Waals surface area contributed by atoms with Crippen molar-refractivity contribution < 1.29 is 8.42 Å². The number of rotatable bonds is 4. The van der Waals surface area contributed by atoms with E-state index in [2.05, 4.69) is 4.72 Å². The minimum Gasteiger partial charge on any atom is -0.195 e. The topological polar surface area (TPSA) is 49.4 Å². The molecule has 0 aromatic carbocycles. The molecule has 0 atom stereocenters. The number of nitrogens with one attached hydrogen (secondary N) is 1. The Morgan fingerprint density at radius 1 is 1.06 bits per heavy atom. The first-order valence-corrected chi connectivity index (χ1v) is 8.40. The molecule has 1 saturated carbocycles. The number of nitrogens with zero attached hydrogens (tertiary/aromatic N) is 1. The summed E-state index contributed by atoms with van der Waals surface area (Å²) in [4.78, 5) is 0. The molecule has 1 aliphatic carbocycles. The average Bonchev–Trinajstić information content (AvgIpc) is 2.79. The zero-order valence-electron chi connectivity index (χ0n) is 10.1. The van der Waals surface area contributed by atoms with Crippen LogP contribution in [0.1, 0.15) is 44.9 Å². The molecular formula is C11H21ClN2O2S. The van der Waals surface area contributed by atoms with E-state index in [-0.39, 0.29) is 0 Å². The van der Waals surface area contributed by atoms with Crippen molar-refractivity contribution in [2.75, 3.05) is 19.0 Å². The summed E-state index contributed by atoms with van der Waals surface area (Å²) in [7, 11) is -3.34. The zero-order chi connectivity index (χ0) is 12.4. The van der Waals surface area contributed by atoms with Crippen molar-refractivity contribution >= 4 is 21.8 Å². The fourth-order valence-corrected chi connectivity index (χ4v) is 4.86. The molecule has 1 aliphatic heterocycles. The van der Waals surface area contributed by atoms with Gasteiger partial charge in [-0.25, -0.2) is 0 Å². The Balaban J connectivity index is 2.05. The fraction of sp³-hybridized carbons (Fsp3) is 1.00. The highest BCUT2D eigenvalue weighted by Crippen LogP contribution is 2.32. The molecule has 0 amide bonds. The van der Waals surface area contributed by atoms with Crippen molar-refractivity contribution in [3.05, 3.63) is 0 Å². The van der Waals surface area contributed by atoms with Crippen LogP contribution < -0.4 is 4.72 Å². The maximum absolute atomic E-state index is 12.3. The molecule has 0 aromatic heterocycles. The highest BCUT2D eigenvalue weighted by atomic mass is 35.5. The molecule has 100 valence electrons. The molecule has 1 heterocycles. The van der Waals surface area contributed by atoms with Gasteiger partial charge in [0.25, 0.3) is 10.2 Å². The first-order chi connectivity index (χ1) is 8.08. The SMILES string of the molecule is O=S(=O)(NC1(CCl)CCCC1)N1CCCCC1. The number of halogens is 1. The fourth-order valence-electron chi connectivity index (χ4n) is 2.76. The summed E-state index contributed by atoms with van der Waals surface area (Å²) in [5.74, 6) is 0.375. The summed E-state index contributed by atoms with van der Waals surface area (Å²) in [5.41, 5.74) is -0.391. The lowest BCUT2D eigenvalue weighted by Crippen LogP contribution is -2.54. The predicted molar refractivity (Wildman–Crippen MR) is 69.4 cm³/mol. The van der Waals surface area contributed by atoms with E-state index >= 15 is 0 Å². The van der Waals surface area contributed by atoms with E-state index in [9.17, 15) is 8.42 Å². The summed E-state index contributed by atoms with van der Waals surface area (Å²) >= 11 is 5.96. The van der Waals surface area contributed by atoms with E-state index in [0.29, 0.717) is 19.0 Å². The zero-order valence-corrected chi connectivity index (χ0v) is 11.7. The van der Waals surface area contributed by atoms with Crippen LogP contribution in [0.5, 0.6) is 0 Å². The van der Waals surface area contributed by atoms with Crippen LogP contribution in [0.3, 0.4) is 0 Å². The summed E-state index contributed by atoms with van der Waals surface area (Å²) < 4.78 is 29.0. The monoisotopic (exact) mass is 280 g/mol. The molecule has 1 N–H and O–H groups in total. The van der Waals surface area contributed by atoms with E-state index in [1.807, 2.05) is 0 Å². The number of alkyl halides is 1. The first-order valence-electron chi connectivity index (χ1n) is 6.43. The third-order valence-electron chi connectivity index (χ3n) is 3.82. The highest BCUT2D eigenvalue weighted by Gasteiger charge is 2.38. The van der Waals surface area contributed by atoms with Gasteiger partial charge in [0.1, 0.15) is 0 Å². The molecule has 2 rings (SSSR count). The molecule has 0 aromatic rings. The molecule has 17 heavy (non-hydrogen) atoms. The van der Waals surface area contributed by atoms with Crippen LogP contribution in [-0.2, 0) is 10.2 Å². The first kappa shape index (κ1) is 13.6. The molecule has 2 aliphatic rings. The van der Waals surface area contributed by atoms with Gasteiger partial charge in [-0.2, -0.15) is 17.4 Å². The second kappa shape index (κ2) is 5.43.